The van der Waals surface area contributed by atoms with Crippen molar-refractivity contribution in [2.45, 2.75) is 36.9 Å². The number of phosphoric acid groups is 1. The van der Waals surface area contributed by atoms with Gasteiger partial charge in [-0.3, -0.25) is 13.6 Å². The van der Waals surface area contributed by atoms with Crippen LogP contribution in [0.1, 0.15) is 35.8 Å². The van der Waals surface area contributed by atoms with E-state index in [4.69, 9.17) is 24.0 Å². The second kappa shape index (κ2) is 9.98. The minimum atomic E-state index is -3.90. The molecule has 6 atom stereocenters. The van der Waals surface area contributed by atoms with Crippen LogP contribution in [0.2, 0.25) is 0 Å². The average molecular weight is 522 g/mol. The fourth-order valence-electron chi connectivity index (χ4n) is 4.93. The summed E-state index contributed by atoms with van der Waals surface area (Å²) in [5.74, 6) is 0.197. The van der Waals surface area contributed by atoms with Gasteiger partial charge in [0.25, 0.3) is 0 Å². The number of benzene rings is 2. The molecule has 0 saturated carbocycles. The van der Waals surface area contributed by atoms with Gasteiger partial charge >= 0.3 is 7.82 Å². The van der Waals surface area contributed by atoms with Crippen molar-refractivity contribution < 1.29 is 28.0 Å². The number of aliphatic hydroxyl groups is 1. The number of phosphoric ester groups is 1. The number of anilines is 1. The number of ether oxygens (including phenoxy) is 1. The second-order valence-corrected chi connectivity index (χ2v) is 10.8. The van der Waals surface area contributed by atoms with Gasteiger partial charge in [-0.25, -0.2) is 14.5 Å². The van der Waals surface area contributed by atoms with Gasteiger partial charge in [-0.1, -0.05) is 60.7 Å². The molecule has 2 aliphatic rings. The highest BCUT2D eigenvalue weighted by Crippen LogP contribution is 2.60. The Hall–Kier alpha value is -3.11. The molecule has 3 N–H and O–H groups in total. The number of hydrogen-bond donors (Lipinski definition) is 2. The van der Waals surface area contributed by atoms with Crippen LogP contribution in [0.3, 0.4) is 0 Å². The quantitative estimate of drug-likeness (QED) is 0.355. The lowest BCUT2D eigenvalue weighted by Crippen LogP contribution is -2.26. The van der Waals surface area contributed by atoms with Crippen molar-refractivity contribution in [1.82, 2.24) is 14.5 Å². The Morgan fingerprint density at radius 1 is 1.05 bits per heavy atom. The number of rotatable bonds is 6. The lowest BCUT2D eigenvalue weighted by molar-refractivity contribution is -0.0558. The zero-order valence-corrected chi connectivity index (χ0v) is 20.8. The summed E-state index contributed by atoms with van der Waals surface area (Å²) in [6.45, 7) is 0.104. The number of hydrogen-bond acceptors (Lipinski definition) is 9. The van der Waals surface area contributed by atoms with E-state index in [1.165, 1.54) is 6.33 Å². The molecule has 0 bridgehead atoms. The zero-order chi connectivity index (χ0) is 25.4. The van der Waals surface area contributed by atoms with E-state index in [0.717, 1.165) is 11.1 Å². The largest absolute Gasteiger partial charge is 0.475 e. The van der Waals surface area contributed by atoms with Crippen LogP contribution >= 0.6 is 7.82 Å². The first kappa shape index (κ1) is 24.2. The third-order valence-electron chi connectivity index (χ3n) is 6.77. The van der Waals surface area contributed by atoms with E-state index in [2.05, 4.69) is 9.97 Å². The van der Waals surface area contributed by atoms with Crippen molar-refractivity contribution in [3.05, 3.63) is 90.4 Å². The fourth-order valence-corrected chi connectivity index (χ4v) is 6.37. The van der Waals surface area contributed by atoms with Gasteiger partial charge in [0.05, 0.1) is 24.7 Å². The number of aliphatic hydroxyl groups excluding tert-OH is 1. The topological polar surface area (TPSA) is 131 Å². The fraction of sp³-hybridized carbons (Fsp3) is 0.308. The van der Waals surface area contributed by atoms with Gasteiger partial charge < -0.3 is 20.1 Å². The molecular formula is C26H27N4O6P. The molecule has 2 fully saturated rings. The summed E-state index contributed by atoms with van der Waals surface area (Å²) in [4.78, 5) is 8.26. The number of fused-ring (bicyclic) bond motifs is 1. The Kier molecular flexibility index (Phi) is 6.54. The van der Waals surface area contributed by atoms with Crippen LogP contribution in [0.25, 0.3) is 11.0 Å². The summed E-state index contributed by atoms with van der Waals surface area (Å²) in [6.07, 6.45) is 0.823. The van der Waals surface area contributed by atoms with Crippen LogP contribution < -0.4 is 5.73 Å². The normalized spacial score (nSPS) is 30.0. The van der Waals surface area contributed by atoms with Gasteiger partial charge in [0.2, 0.25) is 0 Å². The van der Waals surface area contributed by atoms with Crippen LogP contribution in [0.4, 0.5) is 5.82 Å². The minimum Gasteiger partial charge on any atom is -0.388 e. The first-order chi connectivity index (χ1) is 18.0. The summed E-state index contributed by atoms with van der Waals surface area (Å²) in [5.41, 5.74) is 8.40. The number of nitrogens with two attached hydrogens (primary N) is 1. The van der Waals surface area contributed by atoms with E-state index < -0.39 is 32.4 Å². The van der Waals surface area contributed by atoms with Crippen molar-refractivity contribution in [3.8, 4) is 0 Å². The van der Waals surface area contributed by atoms with Crippen LogP contribution in [0.5, 0.6) is 0 Å². The van der Waals surface area contributed by atoms with Gasteiger partial charge in [0, 0.05) is 18.5 Å². The van der Waals surface area contributed by atoms with E-state index in [0.29, 0.717) is 16.9 Å². The molecule has 6 rings (SSSR count). The minimum absolute atomic E-state index is 0.0708. The third kappa shape index (κ3) is 4.80. The lowest BCUT2D eigenvalue weighted by atomic mass is 9.90. The molecule has 0 spiro atoms. The van der Waals surface area contributed by atoms with E-state index >= 15 is 0 Å². The first-order valence-corrected chi connectivity index (χ1v) is 13.5. The molecule has 2 aromatic heterocycles. The summed E-state index contributed by atoms with van der Waals surface area (Å²) >= 11 is 0. The van der Waals surface area contributed by atoms with Gasteiger partial charge in [-0.15, -0.1) is 0 Å². The number of nitrogen functional groups attached to an aromatic ring is 1. The molecule has 37 heavy (non-hydrogen) atoms. The smallest absolute Gasteiger partial charge is 0.388 e. The number of aromatic nitrogens is 3. The number of nitrogens with zero attached hydrogens (tertiary/aromatic N) is 3. The zero-order valence-electron chi connectivity index (χ0n) is 19.9. The highest BCUT2D eigenvalue weighted by molar-refractivity contribution is 7.48. The maximum absolute atomic E-state index is 13.5. The standard InChI is InChI=1S/C26H27N4O6P/c27-24-20-11-12-30(25(20)29-16-28-24)26-22(31)13-19(35-26)14-33-37(32)34-15-21(17-7-3-1-4-8-17)23(36-37)18-9-5-2-6-10-18/h1-12,16,19,21-23,26,31H,13-15H2,(H2,27,28,29)/t19-,21-,22+,23+,26+,37?/m0/s1. The summed E-state index contributed by atoms with van der Waals surface area (Å²) < 4.78 is 38.8. The molecule has 1 unspecified atom stereocenters. The van der Waals surface area contributed by atoms with E-state index in [9.17, 15) is 9.67 Å². The molecule has 4 heterocycles. The van der Waals surface area contributed by atoms with Gasteiger partial charge in [0.15, 0.2) is 6.23 Å². The molecule has 0 aliphatic carbocycles. The Morgan fingerprint density at radius 2 is 1.78 bits per heavy atom. The predicted octanol–water partition coefficient (Wildman–Crippen LogP) is 4.36. The maximum atomic E-state index is 13.5. The molecule has 192 valence electrons. The molecule has 0 amide bonds. The Balaban J connectivity index is 1.16. The molecule has 2 aromatic carbocycles. The van der Waals surface area contributed by atoms with Crippen molar-refractivity contribution in [3.63, 3.8) is 0 Å². The summed E-state index contributed by atoms with van der Waals surface area (Å²) in [7, 11) is -3.90. The van der Waals surface area contributed by atoms with Gasteiger partial charge in [-0.2, -0.15) is 0 Å². The molecule has 4 aromatic rings. The predicted molar refractivity (Wildman–Crippen MR) is 135 cm³/mol. The summed E-state index contributed by atoms with van der Waals surface area (Å²) in [5, 5.41) is 11.4. The highest BCUT2D eigenvalue weighted by atomic mass is 31.2. The molecular weight excluding hydrogens is 495 g/mol. The molecule has 11 heteroatoms. The lowest BCUT2D eigenvalue weighted by Gasteiger charge is -2.36. The molecule has 2 aliphatic heterocycles. The Labute approximate surface area is 213 Å². The van der Waals surface area contributed by atoms with Crippen LogP contribution in [0, 0.1) is 0 Å². The Morgan fingerprint density at radius 3 is 2.54 bits per heavy atom. The maximum Gasteiger partial charge on any atom is 0.475 e. The van der Waals surface area contributed by atoms with Crippen LogP contribution in [0.15, 0.2) is 79.3 Å². The van der Waals surface area contributed by atoms with Crippen LogP contribution in [-0.4, -0.2) is 45.1 Å². The van der Waals surface area contributed by atoms with Crippen molar-refractivity contribution in [2.24, 2.45) is 0 Å². The van der Waals surface area contributed by atoms with E-state index in [-0.39, 0.29) is 25.6 Å². The van der Waals surface area contributed by atoms with Crippen molar-refractivity contribution in [2.75, 3.05) is 18.9 Å². The summed E-state index contributed by atoms with van der Waals surface area (Å²) in [6, 6.07) is 21.3. The molecule has 0 radical (unpaired) electrons. The van der Waals surface area contributed by atoms with Crippen molar-refractivity contribution >= 4 is 24.7 Å². The van der Waals surface area contributed by atoms with Crippen LogP contribution in [-0.2, 0) is 22.9 Å². The Bertz CT molecular complexity index is 1420. The van der Waals surface area contributed by atoms with E-state index in [1.54, 1.807) is 16.8 Å². The second-order valence-electron chi connectivity index (χ2n) is 9.16. The third-order valence-corrected chi connectivity index (χ3v) is 8.19. The molecule has 10 nitrogen and oxygen atoms in total. The van der Waals surface area contributed by atoms with Gasteiger partial charge in [-0.05, 0) is 17.2 Å². The first-order valence-electron chi connectivity index (χ1n) is 12.1. The monoisotopic (exact) mass is 522 g/mol. The molecule has 2 saturated heterocycles. The highest BCUT2D eigenvalue weighted by Gasteiger charge is 2.44. The van der Waals surface area contributed by atoms with Gasteiger partial charge in [0.1, 0.15) is 30.0 Å². The van der Waals surface area contributed by atoms with Crippen molar-refractivity contribution in [1.29, 1.82) is 0 Å². The van der Waals surface area contributed by atoms with E-state index in [1.807, 2.05) is 60.7 Å². The average Bonchev–Trinajstić information content (AvgIpc) is 3.52. The SMILES string of the molecule is Nc1ncnc2c1ccn2[C@@H]1O[C@H](COP2(=O)OC[C@@H](c3ccccc3)[C@@H](c3ccccc3)O2)C[C@H]1O.